The smallest absolute Gasteiger partial charge is 0.215 e. The maximum Gasteiger partial charge on any atom is 0.215 e. The minimum absolute atomic E-state index is 0.0145. The summed E-state index contributed by atoms with van der Waals surface area (Å²) in [5, 5.41) is 9.83. The lowest BCUT2D eigenvalue weighted by molar-refractivity contribution is 0.444. The zero-order chi connectivity index (χ0) is 11.5. The fourth-order valence-electron chi connectivity index (χ4n) is 1.07. The van der Waals surface area contributed by atoms with Crippen molar-refractivity contribution < 1.29 is 5.11 Å². The molecule has 2 heterocycles. The van der Waals surface area contributed by atoms with Crippen LogP contribution in [0.5, 0.6) is 5.88 Å². The summed E-state index contributed by atoms with van der Waals surface area (Å²) in [5.74, 6) is 0.588. The molecular formula is C9H8ClN3OS2. The Labute approximate surface area is 106 Å². The normalized spacial score (nSPS) is 10.6. The predicted molar refractivity (Wildman–Crippen MR) is 65.1 cm³/mol. The Balaban J connectivity index is 2.07. The van der Waals surface area contributed by atoms with E-state index in [0.717, 1.165) is 11.4 Å². The van der Waals surface area contributed by atoms with E-state index in [9.17, 15) is 5.11 Å². The van der Waals surface area contributed by atoms with E-state index in [2.05, 4.69) is 15.0 Å². The summed E-state index contributed by atoms with van der Waals surface area (Å²) in [6.45, 7) is 1.81. The first-order valence-electron chi connectivity index (χ1n) is 4.40. The average Bonchev–Trinajstić information content (AvgIpc) is 2.59. The third-order valence-electron chi connectivity index (χ3n) is 1.75. The van der Waals surface area contributed by atoms with E-state index in [1.165, 1.54) is 29.2 Å². The van der Waals surface area contributed by atoms with Gasteiger partial charge in [-0.15, -0.1) is 11.3 Å². The Bertz CT molecular complexity index is 483. The van der Waals surface area contributed by atoms with E-state index in [0.29, 0.717) is 15.2 Å². The summed E-state index contributed by atoms with van der Waals surface area (Å²) in [4.78, 5) is 12.2. The van der Waals surface area contributed by atoms with E-state index in [1.54, 1.807) is 12.4 Å². The van der Waals surface area contributed by atoms with Crippen LogP contribution in [0.4, 0.5) is 0 Å². The van der Waals surface area contributed by atoms with Crippen molar-refractivity contribution in [3.8, 4) is 5.88 Å². The van der Waals surface area contributed by atoms with E-state index in [1.807, 2.05) is 0 Å². The van der Waals surface area contributed by atoms with Crippen molar-refractivity contribution >= 4 is 34.7 Å². The van der Waals surface area contributed by atoms with E-state index in [4.69, 9.17) is 11.6 Å². The summed E-state index contributed by atoms with van der Waals surface area (Å²) < 4.78 is 0.685. The molecule has 0 spiro atoms. The van der Waals surface area contributed by atoms with Crippen LogP contribution in [0.1, 0.15) is 11.4 Å². The lowest BCUT2D eigenvalue weighted by atomic mass is 10.4. The van der Waals surface area contributed by atoms with Gasteiger partial charge in [-0.05, 0) is 6.92 Å². The average molecular weight is 274 g/mol. The molecule has 7 heteroatoms. The highest BCUT2D eigenvalue weighted by Gasteiger charge is 2.07. The van der Waals surface area contributed by atoms with Gasteiger partial charge in [0.05, 0.1) is 11.2 Å². The second-order valence-electron chi connectivity index (χ2n) is 3.01. The molecule has 0 saturated heterocycles. The fourth-order valence-corrected chi connectivity index (χ4v) is 2.86. The summed E-state index contributed by atoms with van der Waals surface area (Å²) >= 11 is 8.72. The van der Waals surface area contributed by atoms with Crippen molar-refractivity contribution in [3.05, 3.63) is 27.3 Å². The molecule has 2 aromatic rings. The highest BCUT2D eigenvalue weighted by atomic mass is 35.5. The van der Waals surface area contributed by atoms with Gasteiger partial charge in [-0.2, -0.15) is 4.98 Å². The number of hydrogen-bond acceptors (Lipinski definition) is 6. The number of aromatic nitrogens is 3. The van der Waals surface area contributed by atoms with E-state index < -0.39 is 0 Å². The molecule has 0 aromatic carbocycles. The molecule has 0 fully saturated rings. The van der Waals surface area contributed by atoms with Crippen LogP contribution in [-0.2, 0) is 5.75 Å². The first-order valence-corrected chi connectivity index (χ1v) is 6.65. The molecule has 0 unspecified atom stereocenters. The topological polar surface area (TPSA) is 58.9 Å². The molecule has 2 aromatic heterocycles. The van der Waals surface area contributed by atoms with Crippen LogP contribution in [-0.4, -0.2) is 20.1 Å². The fraction of sp³-hybridized carbons (Fsp3) is 0.222. The quantitative estimate of drug-likeness (QED) is 0.688. The Morgan fingerprint density at radius 1 is 1.50 bits per heavy atom. The van der Waals surface area contributed by atoms with E-state index >= 15 is 0 Å². The molecule has 16 heavy (non-hydrogen) atoms. The molecule has 0 amide bonds. The van der Waals surface area contributed by atoms with Crippen molar-refractivity contribution in [2.24, 2.45) is 0 Å². The Morgan fingerprint density at radius 3 is 2.94 bits per heavy atom. The Hall–Kier alpha value is -0.850. The van der Waals surface area contributed by atoms with Crippen LogP contribution in [0.25, 0.3) is 0 Å². The van der Waals surface area contributed by atoms with Crippen LogP contribution in [0.15, 0.2) is 16.7 Å². The molecule has 0 bridgehead atoms. The largest absolute Gasteiger partial charge is 0.493 e. The maximum atomic E-state index is 9.30. The molecule has 0 aliphatic rings. The van der Waals surface area contributed by atoms with Crippen molar-refractivity contribution in [2.45, 2.75) is 17.8 Å². The van der Waals surface area contributed by atoms with Crippen molar-refractivity contribution in [2.75, 3.05) is 0 Å². The van der Waals surface area contributed by atoms with Gasteiger partial charge in [0.15, 0.2) is 5.16 Å². The SMILES string of the molecule is Cc1cc(O)nc(SCc2ncsc2Cl)n1. The van der Waals surface area contributed by atoms with Crippen molar-refractivity contribution in [3.63, 3.8) is 0 Å². The van der Waals surface area contributed by atoms with Crippen molar-refractivity contribution in [1.29, 1.82) is 0 Å². The molecule has 0 saturated carbocycles. The highest BCUT2D eigenvalue weighted by Crippen LogP contribution is 2.27. The lowest BCUT2D eigenvalue weighted by Gasteiger charge is -2.00. The maximum absolute atomic E-state index is 9.30. The van der Waals surface area contributed by atoms with Gasteiger partial charge < -0.3 is 5.11 Å². The zero-order valence-corrected chi connectivity index (χ0v) is 10.7. The second-order valence-corrected chi connectivity index (χ2v) is 5.41. The first kappa shape index (κ1) is 11.6. The van der Waals surface area contributed by atoms with Gasteiger partial charge in [-0.1, -0.05) is 23.4 Å². The number of halogens is 1. The van der Waals surface area contributed by atoms with Gasteiger partial charge in [-0.3, -0.25) is 0 Å². The number of nitrogens with zero attached hydrogens (tertiary/aromatic N) is 3. The monoisotopic (exact) mass is 273 g/mol. The van der Waals surface area contributed by atoms with Gasteiger partial charge in [-0.25, -0.2) is 9.97 Å². The third-order valence-corrected chi connectivity index (χ3v) is 3.75. The second kappa shape index (κ2) is 4.99. The van der Waals surface area contributed by atoms with Gasteiger partial charge in [0.2, 0.25) is 5.88 Å². The number of rotatable bonds is 3. The van der Waals surface area contributed by atoms with Crippen LogP contribution < -0.4 is 0 Å². The third kappa shape index (κ3) is 2.84. The van der Waals surface area contributed by atoms with Gasteiger partial charge in [0.1, 0.15) is 4.34 Å². The Morgan fingerprint density at radius 2 is 2.31 bits per heavy atom. The number of thioether (sulfide) groups is 1. The molecule has 2 rings (SSSR count). The Kier molecular flexibility index (Phi) is 3.63. The highest BCUT2D eigenvalue weighted by molar-refractivity contribution is 7.98. The van der Waals surface area contributed by atoms with Gasteiger partial charge >= 0.3 is 0 Å². The summed E-state index contributed by atoms with van der Waals surface area (Å²) in [6.07, 6.45) is 0. The molecule has 1 N–H and O–H groups in total. The zero-order valence-electron chi connectivity index (χ0n) is 8.35. The first-order chi connectivity index (χ1) is 7.65. The molecule has 0 aliphatic heterocycles. The minimum Gasteiger partial charge on any atom is -0.493 e. The molecule has 4 nitrogen and oxygen atoms in total. The summed E-state index contributed by atoms with van der Waals surface area (Å²) in [5.41, 5.74) is 3.26. The van der Waals surface area contributed by atoms with Crippen LogP contribution >= 0.6 is 34.7 Å². The summed E-state index contributed by atoms with van der Waals surface area (Å²) in [6, 6.07) is 1.51. The molecule has 0 aliphatic carbocycles. The van der Waals surface area contributed by atoms with Crippen LogP contribution in [0, 0.1) is 6.92 Å². The van der Waals surface area contributed by atoms with Gasteiger partial charge in [0, 0.05) is 17.5 Å². The molecule has 0 radical (unpaired) electrons. The number of aryl methyl sites for hydroxylation is 1. The molecule has 0 atom stereocenters. The number of thiazole rings is 1. The lowest BCUT2D eigenvalue weighted by Crippen LogP contribution is -1.90. The van der Waals surface area contributed by atoms with Crippen LogP contribution in [0.3, 0.4) is 0 Å². The van der Waals surface area contributed by atoms with Crippen molar-refractivity contribution in [1.82, 2.24) is 15.0 Å². The minimum atomic E-state index is -0.0145. The molecular weight excluding hydrogens is 266 g/mol. The van der Waals surface area contributed by atoms with Gasteiger partial charge in [0.25, 0.3) is 0 Å². The van der Waals surface area contributed by atoms with E-state index in [-0.39, 0.29) is 5.88 Å². The molecule has 84 valence electrons. The standard InChI is InChI=1S/C9H8ClN3OS2/c1-5-2-7(14)13-9(12-5)15-3-6-8(10)16-4-11-6/h2,4H,3H2,1H3,(H,12,13,14). The number of aromatic hydroxyl groups is 1. The van der Waals surface area contributed by atoms with Crippen LogP contribution in [0.2, 0.25) is 4.34 Å². The predicted octanol–water partition coefficient (Wildman–Crippen LogP) is 2.89. The summed E-state index contributed by atoms with van der Waals surface area (Å²) in [7, 11) is 0. The number of hydrogen-bond donors (Lipinski definition) is 1.